The molecular formula is C14H8F3N3O2. The molecule has 8 heteroatoms. The third-order valence-electron chi connectivity index (χ3n) is 3.06. The molecule has 3 aromatic rings. The molecule has 2 aromatic heterocycles. The first-order chi connectivity index (χ1) is 10.4. The van der Waals surface area contributed by atoms with E-state index in [1.165, 1.54) is 30.5 Å². The molecule has 0 saturated heterocycles. The molecule has 0 aliphatic carbocycles. The van der Waals surface area contributed by atoms with Crippen LogP contribution < -0.4 is 0 Å². The Balaban J connectivity index is 2.25. The van der Waals surface area contributed by atoms with Crippen LogP contribution in [0.2, 0.25) is 0 Å². The number of hydrogen-bond donors (Lipinski definition) is 1. The summed E-state index contributed by atoms with van der Waals surface area (Å²) in [6.07, 6.45) is -3.08. The number of rotatable bonds is 2. The van der Waals surface area contributed by atoms with E-state index in [1.54, 1.807) is 0 Å². The van der Waals surface area contributed by atoms with Crippen molar-refractivity contribution in [3.63, 3.8) is 0 Å². The minimum absolute atomic E-state index is 0.0889. The van der Waals surface area contributed by atoms with Gasteiger partial charge in [0.25, 0.3) is 0 Å². The number of carboxylic acids is 1. The summed E-state index contributed by atoms with van der Waals surface area (Å²) in [5.74, 6) is -1.27. The fourth-order valence-corrected chi connectivity index (χ4v) is 2.10. The van der Waals surface area contributed by atoms with Crippen molar-refractivity contribution in [3.8, 4) is 5.69 Å². The van der Waals surface area contributed by atoms with Gasteiger partial charge in [-0.3, -0.25) is 0 Å². The molecule has 0 amide bonds. The number of fused-ring (bicyclic) bond motifs is 1. The van der Waals surface area contributed by atoms with E-state index in [2.05, 4.69) is 10.1 Å². The zero-order chi connectivity index (χ0) is 15.9. The average Bonchev–Trinajstić information content (AvgIpc) is 2.86. The maximum absolute atomic E-state index is 12.8. The first-order valence-corrected chi connectivity index (χ1v) is 6.12. The van der Waals surface area contributed by atoms with Gasteiger partial charge in [0.15, 0.2) is 11.3 Å². The standard InChI is InChI=1S/C14H8F3N3O2/c15-14(16,17)8-3-1-4-9(7-8)20-12-10(5-2-6-18-12)11(19-20)13(21)22/h1-7H,(H,21,22). The number of aromatic nitrogens is 3. The highest BCUT2D eigenvalue weighted by Crippen LogP contribution is 2.31. The highest BCUT2D eigenvalue weighted by Gasteiger charge is 2.31. The Bertz CT molecular complexity index is 871. The fourth-order valence-electron chi connectivity index (χ4n) is 2.10. The molecule has 112 valence electrons. The molecule has 0 radical (unpaired) electrons. The summed E-state index contributed by atoms with van der Waals surface area (Å²) in [6, 6.07) is 7.50. The molecule has 22 heavy (non-hydrogen) atoms. The number of halogens is 3. The van der Waals surface area contributed by atoms with Gasteiger partial charge >= 0.3 is 12.1 Å². The van der Waals surface area contributed by atoms with E-state index in [0.29, 0.717) is 0 Å². The lowest BCUT2D eigenvalue weighted by molar-refractivity contribution is -0.137. The largest absolute Gasteiger partial charge is 0.476 e. The molecule has 0 spiro atoms. The number of carboxylic acid groups (broad SMARTS) is 1. The van der Waals surface area contributed by atoms with Crippen LogP contribution >= 0.6 is 0 Å². The molecule has 0 unspecified atom stereocenters. The average molecular weight is 307 g/mol. The molecule has 0 aliphatic rings. The van der Waals surface area contributed by atoms with Crippen LogP contribution in [0.5, 0.6) is 0 Å². The summed E-state index contributed by atoms with van der Waals surface area (Å²) in [4.78, 5) is 15.2. The zero-order valence-electron chi connectivity index (χ0n) is 10.9. The predicted octanol–water partition coefficient (Wildman–Crippen LogP) is 3.14. The number of aromatic carboxylic acids is 1. The van der Waals surface area contributed by atoms with Gasteiger partial charge in [0.2, 0.25) is 0 Å². The van der Waals surface area contributed by atoms with Crippen LogP contribution in [0, 0.1) is 0 Å². The summed E-state index contributed by atoms with van der Waals surface area (Å²) < 4.78 is 39.5. The molecule has 2 heterocycles. The van der Waals surface area contributed by atoms with Crippen molar-refractivity contribution in [3.05, 3.63) is 53.9 Å². The van der Waals surface area contributed by atoms with Crippen molar-refractivity contribution in [2.75, 3.05) is 0 Å². The first-order valence-electron chi connectivity index (χ1n) is 6.12. The summed E-state index contributed by atoms with van der Waals surface area (Å²) >= 11 is 0. The minimum Gasteiger partial charge on any atom is -0.476 e. The van der Waals surface area contributed by atoms with Crippen LogP contribution in [-0.2, 0) is 6.18 Å². The molecular weight excluding hydrogens is 299 g/mol. The third-order valence-corrected chi connectivity index (χ3v) is 3.06. The van der Waals surface area contributed by atoms with Crippen molar-refractivity contribution in [1.29, 1.82) is 0 Å². The van der Waals surface area contributed by atoms with E-state index in [1.807, 2.05) is 0 Å². The van der Waals surface area contributed by atoms with Crippen LogP contribution in [-0.4, -0.2) is 25.8 Å². The summed E-state index contributed by atoms with van der Waals surface area (Å²) in [5, 5.41) is 13.3. The molecule has 3 rings (SSSR count). The molecule has 0 fully saturated rings. The lowest BCUT2D eigenvalue weighted by atomic mass is 10.2. The summed E-state index contributed by atoms with van der Waals surface area (Å²) in [5.41, 5.74) is -0.841. The van der Waals surface area contributed by atoms with E-state index >= 15 is 0 Å². The second kappa shape index (κ2) is 4.83. The lowest BCUT2D eigenvalue weighted by Crippen LogP contribution is -2.07. The van der Waals surface area contributed by atoms with Crippen LogP contribution in [0.4, 0.5) is 13.2 Å². The predicted molar refractivity (Wildman–Crippen MR) is 70.8 cm³/mol. The van der Waals surface area contributed by atoms with E-state index in [9.17, 15) is 18.0 Å². The lowest BCUT2D eigenvalue weighted by Gasteiger charge is -2.09. The maximum atomic E-state index is 12.8. The van der Waals surface area contributed by atoms with E-state index in [4.69, 9.17) is 5.11 Å². The smallest absolute Gasteiger partial charge is 0.416 e. The summed E-state index contributed by atoms with van der Waals surface area (Å²) in [7, 11) is 0. The highest BCUT2D eigenvalue weighted by molar-refractivity contribution is 6.00. The van der Waals surface area contributed by atoms with Gasteiger partial charge in [0, 0.05) is 6.20 Å². The molecule has 5 nitrogen and oxygen atoms in total. The van der Waals surface area contributed by atoms with Crippen molar-refractivity contribution >= 4 is 17.0 Å². The van der Waals surface area contributed by atoms with Crippen molar-refractivity contribution in [2.45, 2.75) is 6.18 Å². The van der Waals surface area contributed by atoms with Gasteiger partial charge in [-0.2, -0.15) is 18.3 Å². The second-order valence-corrected chi connectivity index (χ2v) is 4.49. The Labute approximate surface area is 121 Å². The number of alkyl halides is 3. The number of carbonyl (C=O) groups is 1. The van der Waals surface area contributed by atoms with Gasteiger partial charge in [0.1, 0.15) is 0 Å². The molecule has 1 N–H and O–H groups in total. The topological polar surface area (TPSA) is 68.0 Å². The van der Waals surface area contributed by atoms with Gasteiger partial charge in [-0.1, -0.05) is 6.07 Å². The van der Waals surface area contributed by atoms with Crippen molar-refractivity contribution in [1.82, 2.24) is 14.8 Å². The quantitative estimate of drug-likeness (QED) is 0.789. The zero-order valence-corrected chi connectivity index (χ0v) is 10.9. The molecule has 0 saturated carbocycles. The first kappa shape index (κ1) is 14.1. The Morgan fingerprint density at radius 1 is 1.18 bits per heavy atom. The van der Waals surface area contributed by atoms with Crippen molar-refractivity contribution < 1.29 is 23.1 Å². The number of hydrogen-bond acceptors (Lipinski definition) is 3. The van der Waals surface area contributed by atoms with E-state index in [0.717, 1.165) is 16.8 Å². The number of pyridine rings is 1. The van der Waals surface area contributed by atoms with Gasteiger partial charge in [-0.15, -0.1) is 0 Å². The van der Waals surface area contributed by atoms with Gasteiger partial charge in [-0.25, -0.2) is 14.5 Å². The maximum Gasteiger partial charge on any atom is 0.416 e. The summed E-state index contributed by atoms with van der Waals surface area (Å²) in [6.45, 7) is 0. The third kappa shape index (κ3) is 2.28. The van der Waals surface area contributed by atoms with E-state index in [-0.39, 0.29) is 22.4 Å². The molecule has 0 atom stereocenters. The van der Waals surface area contributed by atoms with Crippen LogP contribution in [0.15, 0.2) is 42.6 Å². The van der Waals surface area contributed by atoms with Crippen LogP contribution in [0.25, 0.3) is 16.7 Å². The Kier molecular flexibility index (Phi) is 3.09. The fraction of sp³-hybridized carbons (Fsp3) is 0.0714. The molecule has 1 aromatic carbocycles. The van der Waals surface area contributed by atoms with Crippen LogP contribution in [0.3, 0.4) is 0 Å². The van der Waals surface area contributed by atoms with Gasteiger partial charge in [0.05, 0.1) is 16.6 Å². The van der Waals surface area contributed by atoms with Crippen molar-refractivity contribution in [2.24, 2.45) is 0 Å². The van der Waals surface area contributed by atoms with Gasteiger partial charge in [-0.05, 0) is 30.3 Å². The highest BCUT2D eigenvalue weighted by atomic mass is 19.4. The number of nitrogens with zero attached hydrogens (tertiary/aromatic N) is 3. The molecule has 0 bridgehead atoms. The molecule has 0 aliphatic heterocycles. The Hall–Kier alpha value is -2.90. The Morgan fingerprint density at radius 2 is 1.95 bits per heavy atom. The normalized spacial score (nSPS) is 11.8. The van der Waals surface area contributed by atoms with Gasteiger partial charge < -0.3 is 5.11 Å². The Morgan fingerprint density at radius 3 is 2.64 bits per heavy atom. The SMILES string of the molecule is O=C(O)c1nn(-c2cccc(C(F)(F)F)c2)c2ncccc12. The minimum atomic E-state index is -4.50. The van der Waals surface area contributed by atoms with Crippen LogP contribution in [0.1, 0.15) is 16.1 Å². The number of benzene rings is 1. The van der Waals surface area contributed by atoms with E-state index < -0.39 is 17.7 Å². The monoisotopic (exact) mass is 307 g/mol. The second-order valence-electron chi connectivity index (χ2n) is 4.49.